The maximum Gasteiger partial charge on any atom is 0.243 e. The summed E-state index contributed by atoms with van der Waals surface area (Å²) in [6.45, 7) is 4.79. The summed E-state index contributed by atoms with van der Waals surface area (Å²) < 4.78 is 14.3. The van der Waals surface area contributed by atoms with Crippen LogP contribution in [0, 0.1) is 12.7 Å². The summed E-state index contributed by atoms with van der Waals surface area (Å²) in [6.07, 6.45) is 1.07. The average molecular weight is 447 g/mol. The highest BCUT2D eigenvalue weighted by atomic mass is 19.1. The molecule has 1 N–H and O–H groups in total. The summed E-state index contributed by atoms with van der Waals surface area (Å²) in [5.41, 5.74) is 3.32. The summed E-state index contributed by atoms with van der Waals surface area (Å²) in [5.74, 6) is -0.904. The van der Waals surface area contributed by atoms with Gasteiger partial charge < -0.3 is 10.2 Å². The van der Waals surface area contributed by atoms with E-state index < -0.39 is 11.9 Å². The van der Waals surface area contributed by atoms with Gasteiger partial charge in [-0.05, 0) is 36.1 Å². The molecule has 0 fully saturated rings. The highest BCUT2D eigenvalue weighted by Crippen LogP contribution is 2.18. The molecule has 0 unspecified atom stereocenters. The first-order valence-electron chi connectivity index (χ1n) is 11.4. The first-order valence-corrected chi connectivity index (χ1v) is 11.4. The molecule has 3 rings (SSSR count). The molecule has 0 heterocycles. The lowest BCUT2D eigenvalue weighted by Crippen LogP contribution is -2.51. The largest absolute Gasteiger partial charge is 0.354 e. The van der Waals surface area contributed by atoms with Gasteiger partial charge in [-0.25, -0.2) is 4.39 Å². The topological polar surface area (TPSA) is 49.4 Å². The predicted molar refractivity (Wildman–Crippen MR) is 129 cm³/mol. The lowest BCUT2D eigenvalue weighted by atomic mass is 10.0. The molecule has 0 aromatic heterocycles. The number of hydrogen-bond donors (Lipinski definition) is 1. The minimum atomic E-state index is -0.709. The fraction of sp³-hybridized carbons (Fsp3) is 0.286. The van der Waals surface area contributed by atoms with Crippen molar-refractivity contribution in [3.05, 3.63) is 107 Å². The van der Waals surface area contributed by atoms with Crippen LogP contribution in [0.25, 0.3) is 0 Å². The molecule has 0 spiro atoms. The zero-order chi connectivity index (χ0) is 23.6. The third-order valence-corrected chi connectivity index (χ3v) is 5.59. The Morgan fingerprint density at radius 2 is 1.58 bits per heavy atom. The van der Waals surface area contributed by atoms with E-state index in [0.29, 0.717) is 18.5 Å². The minimum Gasteiger partial charge on any atom is -0.354 e. The van der Waals surface area contributed by atoms with Crippen LogP contribution in [0.4, 0.5) is 4.39 Å². The summed E-state index contributed by atoms with van der Waals surface area (Å²) in [6, 6.07) is 23.1. The molecular formula is C28H31FN2O2. The monoisotopic (exact) mass is 446 g/mol. The van der Waals surface area contributed by atoms with Gasteiger partial charge in [-0.1, -0.05) is 85.3 Å². The molecule has 1 atom stereocenters. The van der Waals surface area contributed by atoms with Crippen LogP contribution in [0.2, 0.25) is 0 Å². The number of carbonyl (C=O) groups excluding carboxylic acids is 2. The predicted octanol–water partition coefficient (Wildman–Crippen LogP) is 4.84. The summed E-state index contributed by atoms with van der Waals surface area (Å²) in [7, 11) is 0. The highest BCUT2D eigenvalue weighted by Gasteiger charge is 2.30. The highest BCUT2D eigenvalue weighted by molar-refractivity contribution is 5.88. The Bertz CT molecular complexity index is 1050. The number of hydrogen-bond acceptors (Lipinski definition) is 2. The van der Waals surface area contributed by atoms with E-state index >= 15 is 0 Å². The van der Waals surface area contributed by atoms with Crippen molar-refractivity contribution in [3.63, 3.8) is 0 Å². The van der Waals surface area contributed by atoms with Gasteiger partial charge >= 0.3 is 0 Å². The number of carbonyl (C=O) groups is 2. The molecule has 5 heteroatoms. The molecule has 0 bridgehead atoms. The Kier molecular flexibility index (Phi) is 8.76. The van der Waals surface area contributed by atoms with Crippen LogP contribution in [0.3, 0.4) is 0 Å². The molecule has 0 saturated heterocycles. The Balaban J connectivity index is 1.95. The Morgan fingerprint density at radius 1 is 0.909 bits per heavy atom. The number of nitrogens with zero attached hydrogens (tertiary/aromatic N) is 1. The van der Waals surface area contributed by atoms with Gasteiger partial charge in [-0.3, -0.25) is 9.59 Å². The second-order valence-corrected chi connectivity index (χ2v) is 8.27. The molecule has 0 aliphatic rings. The van der Waals surface area contributed by atoms with Crippen LogP contribution in [0.5, 0.6) is 0 Å². The standard InChI is InChI=1S/C28H31FN2O2/c1-3-17-30-28(33)26(18-22-9-5-4-6-10-22)31(20-23-15-13-21(2)14-16-23)27(32)19-24-11-7-8-12-25(24)29/h4-16,26H,3,17-20H2,1-2H3,(H,30,33)/t26-/m0/s1. The van der Waals surface area contributed by atoms with E-state index in [1.165, 1.54) is 6.07 Å². The van der Waals surface area contributed by atoms with Crippen LogP contribution < -0.4 is 5.32 Å². The smallest absolute Gasteiger partial charge is 0.243 e. The second kappa shape index (κ2) is 12.0. The van der Waals surface area contributed by atoms with Crippen molar-refractivity contribution in [1.82, 2.24) is 10.2 Å². The van der Waals surface area contributed by atoms with Crippen molar-refractivity contribution in [2.45, 2.75) is 45.7 Å². The van der Waals surface area contributed by atoms with Crippen molar-refractivity contribution in [2.75, 3.05) is 6.54 Å². The van der Waals surface area contributed by atoms with E-state index in [9.17, 15) is 14.0 Å². The third kappa shape index (κ3) is 7.01. The Labute approximate surface area is 195 Å². The molecule has 0 saturated carbocycles. The number of halogens is 1. The van der Waals surface area contributed by atoms with Crippen molar-refractivity contribution in [3.8, 4) is 0 Å². The number of amides is 2. The van der Waals surface area contributed by atoms with Crippen LogP contribution in [-0.2, 0) is 29.0 Å². The molecule has 33 heavy (non-hydrogen) atoms. The van der Waals surface area contributed by atoms with Gasteiger partial charge in [0.25, 0.3) is 0 Å². The van der Waals surface area contributed by atoms with Gasteiger partial charge in [0, 0.05) is 19.5 Å². The maximum absolute atomic E-state index is 14.3. The lowest BCUT2D eigenvalue weighted by molar-refractivity contribution is -0.140. The summed E-state index contributed by atoms with van der Waals surface area (Å²) >= 11 is 0. The number of nitrogens with one attached hydrogen (secondary N) is 1. The third-order valence-electron chi connectivity index (χ3n) is 5.59. The molecular weight excluding hydrogens is 415 g/mol. The normalized spacial score (nSPS) is 11.6. The van der Waals surface area contributed by atoms with Gasteiger partial charge in [0.1, 0.15) is 11.9 Å². The minimum absolute atomic E-state index is 0.106. The van der Waals surface area contributed by atoms with Crippen molar-refractivity contribution in [1.29, 1.82) is 0 Å². The van der Waals surface area contributed by atoms with E-state index in [0.717, 1.165) is 23.1 Å². The van der Waals surface area contributed by atoms with Gasteiger partial charge in [0.2, 0.25) is 11.8 Å². The Morgan fingerprint density at radius 3 is 2.24 bits per heavy atom. The number of benzene rings is 3. The molecule has 0 aliphatic heterocycles. The fourth-order valence-corrected chi connectivity index (χ4v) is 3.72. The molecule has 3 aromatic rings. The second-order valence-electron chi connectivity index (χ2n) is 8.27. The molecule has 172 valence electrons. The van der Waals surface area contributed by atoms with E-state index in [-0.39, 0.29) is 24.8 Å². The van der Waals surface area contributed by atoms with Crippen LogP contribution in [0.1, 0.15) is 35.6 Å². The zero-order valence-electron chi connectivity index (χ0n) is 19.3. The molecule has 3 aromatic carbocycles. The van der Waals surface area contributed by atoms with Gasteiger partial charge in [-0.15, -0.1) is 0 Å². The quantitative estimate of drug-likeness (QED) is 0.484. The van der Waals surface area contributed by atoms with Crippen LogP contribution in [0.15, 0.2) is 78.9 Å². The molecule has 0 aliphatic carbocycles. The van der Waals surface area contributed by atoms with Gasteiger partial charge in [0.15, 0.2) is 0 Å². The van der Waals surface area contributed by atoms with E-state index in [2.05, 4.69) is 5.32 Å². The van der Waals surface area contributed by atoms with Gasteiger partial charge in [-0.2, -0.15) is 0 Å². The SMILES string of the molecule is CCCNC(=O)[C@H](Cc1ccccc1)N(Cc1ccc(C)cc1)C(=O)Cc1ccccc1F. The maximum atomic E-state index is 14.3. The average Bonchev–Trinajstić information content (AvgIpc) is 2.83. The number of rotatable bonds is 10. The van der Waals surface area contributed by atoms with Crippen LogP contribution in [-0.4, -0.2) is 29.3 Å². The van der Waals surface area contributed by atoms with E-state index in [4.69, 9.17) is 0 Å². The number of aryl methyl sites for hydroxylation is 1. The van der Waals surface area contributed by atoms with Crippen molar-refractivity contribution in [2.24, 2.45) is 0 Å². The van der Waals surface area contributed by atoms with E-state index in [1.54, 1.807) is 23.1 Å². The van der Waals surface area contributed by atoms with Gasteiger partial charge in [0.05, 0.1) is 6.42 Å². The summed E-state index contributed by atoms with van der Waals surface area (Å²) in [4.78, 5) is 28.4. The molecule has 0 radical (unpaired) electrons. The molecule has 4 nitrogen and oxygen atoms in total. The zero-order valence-corrected chi connectivity index (χ0v) is 19.3. The van der Waals surface area contributed by atoms with Crippen molar-refractivity contribution < 1.29 is 14.0 Å². The Hall–Kier alpha value is -3.47. The first-order chi connectivity index (χ1) is 16.0. The lowest BCUT2D eigenvalue weighted by Gasteiger charge is -2.31. The van der Waals surface area contributed by atoms with Crippen LogP contribution >= 0.6 is 0 Å². The first kappa shape index (κ1) is 24.2. The van der Waals surface area contributed by atoms with Crippen molar-refractivity contribution >= 4 is 11.8 Å². The summed E-state index contributed by atoms with van der Waals surface area (Å²) in [5, 5.41) is 2.95. The molecule has 2 amide bonds. The fourth-order valence-electron chi connectivity index (χ4n) is 3.72. The van der Waals surface area contributed by atoms with E-state index in [1.807, 2.05) is 68.4 Å².